The molecule has 1 aliphatic heterocycles. The highest BCUT2D eigenvalue weighted by Crippen LogP contribution is 2.18. The topological polar surface area (TPSA) is 60.1 Å². The summed E-state index contributed by atoms with van der Waals surface area (Å²) in [5.74, 6) is 0. The molecule has 5 nitrogen and oxygen atoms in total. The minimum absolute atomic E-state index is 0.538. The highest BCUT2D eigenvalue weighted by Gasteiger charge is 2.24. The summed E-state index contributed by atoms with van der Waals surface area (Å²) in [4.78, 5) is 0. The zero-order chi connectivity index (χ0) is 14.9. The highest BCUT2D eigenvalue weighted by molar-refractivity contribution is 4.88. The Kier molecular flexibility index (Phi) is 7.96. The van der Waals surface area contributed by atoms with Crippen molar-refractivity contribution >= 4 is 0 Å². The number of hydrogen-bond donors (Lipinski definition) is 5. The van der Waals surface area contributed by atoms with Crippen LogP contribution in [0.25, 0.3) is 0 Å². The Morgan fingerprint density at radius 1 is 0.619 bits per heavy atom. The third-order valence-corrected chi connectivity index (χ3v) is 4.73. The van der Waals surface area contributed by atoms with Crippen molar-refractivity contribution in [1.82, 2.24) is 26.6 Å². The molecule has 4 atom stereocenters. The number of fused-ring (bicyclic) bond motifs is 1. The van der Waals surface area contributed by atoms with E-state index < -0.39 is 0 Å². The molecule has 0 aromatic rings. The van der Waals surface area contributed by atoms with E-state index in [0.29, 0.717) is 24.2 Å². The summed E-state index contributed by atoms with van der Waals surface area (Å²) in [6.07, 6.45) is 5.37. The van der Waals surface area contributed by atoms with E-state index in [9.17, 15) is 0 Å². The van der Waals surface area contributed by atoms with Crippen LogP contribution >= 0.6 is 0 Å². The molecule has 0 spiro atoms. The third kappa shape index (κ3) is 6.61. The molecule has 124 valence electrons. The van der Waals surface area contributed by atoms with Crippen molar-refractivity contribution in [3.05, 3.63) is 0 Å². The first-order valence-corrected chi connectivity index (χ1v) is 8.90. The van der Waals surface area contributed by atoms with Crippen molar-refractivity contribution in [1.29, 1.82) is 0 Å². The summed E-state index contributed by atoms with van der Waals surface area (Å²) in [6.45, 7) is 10.9. The van der Waals surface area contributed by atoms with Gasteiger partial charge >= 0.3 is 0 Å². The second-order valence-electron chi connectivity index (χ2n) is 6.77. The van der Waals surface area contributed by atoms with Crippen LogP contribution in [0.3, 0.4) is 0 Å². The van der Waals surface area contributed by atoms with Crippen LogP contribution in [0.15, 0.2) is 0 Å². The molecule has 2 rings (SSSR count). The molecular weight excluding hydrogens is 262 g/mol. The predicted molar refractivity (Wildman–Crippen MR) is 89.8 cm³/mol. The van der Waals surface area contributed by atoms with Crippen LogP contribution in [0.2, 0.25) is 0 Å². The maximum absolute atomic E-state index is 3.79. The summed E-state index contributed by atoms with van der Waals surface area (Å²) >= 11 is 0. The van der Waals surface area contributed by atoms with E-state index in [0.717, 1.165) is 39.3 Å². The minimum atomic E-state index is 0.538. The Balaban J connectivity index is 1.85. The van der Waals surface area contributed by atoms with Crippen molar-refractivity contribution < 1.29 is 0 Å². The van der Waals surface area contributed by atoms with Gasteiger partial charge in [-0.05, 0) is 26.7 Å². The van der Waals surface area contributed by atoms with E-state index >= 15 is 0 Å². The monoisotopic (exact) mass is 297 g/mol. The fraction of sp³-hybridized carbons (Fsp3) is 1.00. The molecule has 0 bridgehead atoms. The molecule has 0 aromatic carbocycles. The van der Waals surface area contributed by atoms with Crippen molar-refractivity contribution in [2.24, 2.45) is 0 Å². The smallest absolute Gasteiger partial charge is 0.0221 e. The van der Waals surface area contributed by atoms with Gasteiger partial charge in [-0.2, -0.15) is 0 Å². The van der Waals surface area contributed by atoms with E-state index in [2.05, 4.69) is 40.4 Å². The molecule has 0 aromatic heterocycles. The van der Waals surface area contributed by atoms with Crippen LogP contribution in [0, 0.1) is 0 Å². The Hall–Kier alpha value is -0.200. The largest absolute Gasteiger partial charge is 0.314 e. The summed E-state index contributed by atoms with van der Waals surface area (Å²) in [6, 6.07) is 2.35. The molecule has 1 aliphatic carbocycles. The Bertz CT molecular complexity index is 247. The van der Waals surface area contributed by atoms with Crippen LogP contribution < -0.4 is 26.6 Å². The van der Waals surface area contributed by atoms with E-state index in [1.165, 1.54) is 25.7 Å². The zero-order valence-electron chi connectivity index (χ0n) is 13.9. The maximum atomic E-state index is 3.79. The number of nitrogens with one attached hydrogen (secondary N) is 5. The minimum Gasteiger partial charge on any atom is -0.314 e. The van der Waals surface area contributed by atoms with Gasteiger partial charge in [0.05, 0.1) is 0 Å². The first-order chi connectivity index (χ1) is 10.3. The van der Waals surface area contributed by atoms with Gasteiger partial charge in [0.15, 0.2) is 0 Å². The van der Waals surface area contributed by atoms with Crippen molar-refractivity contribution in [3.63, 3.8) is 0 Å². The third-order valence-electron chi connectivity index (χ3n) is 4.73. The summed E-state index contributed by atoms with van der Waals surface area (Å²) < 4.78 is 0. The van der Waals surface area contributed by atoms with Crippen molar-refractivity contribution in [2.45, 2.75) is 63.7 Å². The van der Waals surface area contributed by atoms with Gasteiger partial charge < -0.3 is 26.6 Å². The lowest BCUT2D eigenvalue weighted by Crippen LogP contribution is -2.54. The average Bonchev–Trinajstić information content (AvgIpc) is 2.50. The van der Waals surface area contributed by atoms with Crippen LogP contribution in [-0.4, -0.2) is 63.4 Å². The van der Waals surface area contributed by atoms with Gasteiger partial charge in [0.1, 0.15) is 0 Å². The molecule has 2 aliphatic rings. The molecule has 2 unspecified atom stereocenters. The summed E-state index contributed by atoms with van der Waals surface area (Å²) in [5, 5.41) is 18.2. The fourth-order valence-corrected chi connectivity index (χ4v) is 3.36. The predicted octanol–water partition coefficient (Wildman–Crippen LogP) is 0.0362. The lowest BCUT2D eigenvalue weighted by Gasteiger charge is -2.34. The molecule has 0 amide bonds. The highest BCUT2D eigenvalue weighted by atomic mass is 15.1. The molecule has 1 saturated carbocycles. The van der Waals surface area contributed by atoms with Gasteiger partial charge in [-0.1, -0.05) is 12.8 Å². The van der Waals surface area contributed by atoms with E-state index in [1.54, 1.807) is 0 Å². The van der Waals surface area contributed by atoms with Gasteiger partial charge in [-0.25, -0.2) is 0 Å². The standard InChI is InChI=1S/C16H35N5/c1-13-11-20-15-5-3-4-6-16(15)21-12-14(2)19-10-8-17-7-9-18-13/h13-21H,3-12H2,1-2H3/t13-,14+,15?,16?. The second kappa shape index (κ2) is 9.74. The van der Waals surface area contributed by atoms with Crippen molar-refractivity contribution in [3.8, 4) is 0 Å². The van der Waals surface area contributed by atoms with Crippen LogP contribution in [-0.2, 0) is 0 Å². The van der Waals surface area contributed by atoms with Crippen LogP contribution in [0.5, 0.6) is 0 Å². The lowest BCUT2D eigenvalue weighted by molar-refractivity contribution is 0.272. The molecule has 21 heavy (non-hydrogen) atoms. The first-order valence-electron chi connectivity index (χ1n) is 8.90. The van der Waals surface area contributed by atoms with Gasteiger partial charge in [0.2, 0.25) is 0 Å². The zero-order valence-corrected chi connectivity index (χ0v) is 13.9. The van der Waals surface area contributed by atoms with E-state index in [1.807, 2.05) is 0 Å². The maximum Gasteiger partial charge on any atom is 0.0221 e. The molecule has 5 N–H and O–H groups in total. The Morgan fingerprint density at radius 2 is 1.10 bits per heavy atom. The lowest BCUT2D eigenvalue weighted by atomic mass is 9.90. The van der Waals surface area contributed by atoms with Gasteiger partial charge in [-0.3, -0.25) is 0 Å². The number of hydrogen-bond acceptors (Lipinski definition) is 5. The normalized spacial score (nSPS) is 38.0. The van der Waals surface area contributed by atoms with Gasteiger partial charge in [0, 0.05) is 63.4 Å². The second-order valence-corrected chi connectivity index (χ2v) is 6.77. The molecule has 5 heteroatoms. The molecule has 2 fully saturated rings. The molecule has 0 radical (unpaired) electrons. The quantitative estimate of drug-likeness (QED) is 0.437. The average molecular weight is 297 g/mol. The Morgan fingerprint density at radius 3 is 1.57 bits per heavy atom. The molecular formula is C16H35N5. The fourth-order valence-electron chi connectivity index (χ4n) is 3.36. The molecule has 1 heterocycles. The van der Waals surface area contributed by atoms with E-state index in [-0.39, 0.29) is 0 Å². The molecule has 1 saturated heterocycles. The van der Waals surface area contributed by atoms with Crippen LogP contribution in [0.1, 0.15) is 39.5 Å². The Labute approximate surface area is 130 Å². The van der Waals surface area contributed by atoms with E-state index in [4.69, 9.17) is 0 Å². The summed E-state index contributed by atoms with van der Waals surface area (Å²) in [7, 11) is 0. The SMILES string of the molecule is C[C@@H]1CNC2CCCCC2NC[C@H](C)NCCNCCN1. The van der Waals surface area contributed by atoms with Crippen molar-refractivity contribution in [2.75, 3.05) is 39.3 Å². The summed E-state index contributed by atoms with van der Waals surface area (Å²) in [5.41, 5.74) is 0. The van der Waals surface area contributed by atoms with Crippen LogP contribution in [0.4, 0.5) is 0 Å². The van der Waals surface area contributed by atoms with Gasteiger partial charge in [-0.15, -0.1) is 0 Å². The van der Waals surface area contributed by atoms with Gasteiger partial charge in [0.25, 0.3) is 0 Å². The first kappa shape index (κ1) is 17.2. The number of rotatable bonds is 0.